The van der Waals surface area contributed by atoms with Gasteiger partial charge in [-0.3, -0.25) is 14.3 Å². The molecule has 1 aromatic carbocycles. The van der Waals surface area contributed by atoms with Gasteiger partial charge in [0.15, 0.2) is 0 Å². The van der Waals surface area contributed by atoms with Gasteiger partial charge in [0.2, 0.25) is 0 Å². The molecule has 20 heavy (non-hydrogen) atoms. The Hall–Kier alpha value is -1.79. The quantitative estimate of drug-likeness (QED) is 0.933. The van der Waals surface area contributed by atoms with Crippen molar-refractivity contribution in [3.8, 4) is 0 Å². The highest BCUT2D eigenvalue weighted by atomic mass is 32.2. The maximum absolute atomic E-state index is 11.8. The molecule has 0 radical (unpaired) electrons. The zero-order valence-corrected chi connectivity index (χ0v) is 11.5. The molecular weight excluding hydrogens is 276 g/mol. The van der Waals surface area contributed by atoms with E-state index in [9.17, 15) is 9.59 Å². The van der Waals surface area contributed by atoms with Crippen molar-refractivity contribution in [1.29, 1.82) is 0 Å². The number of benzene rings is 1. The Morgan fingerprint density at radius 1 is 1.20 bits per heavy atom. The molecule has 104 valence electrons. The first-order valence-corrected chi connectivity index (χ1v) is 7.27. The Morgan fingerprint density at radius 2 is 2.00 bits per heavy atom. The summed E-state index contributed by atoms with van der Waals surface area (Å²) in [4.78, 5) is 26.4. The van der Waals surface area contributed by atoms with Gasteiger partial charge in [0, 0.05) is 17.2 Å². The summed E-state index contributed by atoms with van der Waals surface area (Å²) in [5.74, 6) is 0. The average Bonchev–Trinajstić information content (AvgIpc) is 2.88. The summed E-state index contributed by atoms with van der Waals surface area (Å²) in [5.41, 5.74) is -0.820. The average molecular weight is 290 g/mol. The summed E-state index contributed by atoms with van der Waals surface area (Å²) >= 11 is 1.69. The fraction of sp³-hybridized carbons (Fsp3) is 0.286. The summed E-state index contributed by atoms with van der Waals surface area (Å²) in [6.45, 7) is 0.612. The number of nitrogens with zero attached hydrogens (tertiary/aromatic N) is 1. The smallest absolute Gasteiger partial charge is 0.330 e. The summed E-state index contributed by atoms with van der Waals surface area (Å²) in [6, 6.07) is 11.4. The maximum Gasteiger partial charge on any atom is 0.330 e. The Bertz CT molecular complexity index is 695. The van der Waals surface area contributed by atoms with Crippen molar-refractivity contribution in [3.05, 3.63) is 63.4 Å². The van der Waals surface area contributed by atoms with Crippen LogP contribution in [0.4, 0.5) is 0 Å². The minimum atomic E-state index is -0.428. The fourth-order valence-electron chi connectivity index (χ4n) is 2.23. The molecule has 1 saturated heterocycles. The molecule has 0 amide bonds. The van der Waals surface area contributed by atoms with Crippen molar-refractivity contribution < 1.29 is 4.74 Å². The first-order valence-electron chi connectivity index (χ1n) is 6.39. The largest absolute Gasteiger partial charge is 0.357 e. The lowest BCUT2D eigenvalue weighted by Gasteiger charge is -2.19. The zero-order valence-electron chi connectivity index (χ0n) is 10.7. The van der Waals surface area contributed by atoms with E-state index < -0.39 is 11.2 Å². The van der Waals surface area contributed by atoms with Crippen molar-refractivity contribution in [2.75, 3.05) is 6.61 Å². The Labute approximate surface area is 119 Å². The molecule has 1 N–H and O–H groups in total. The molecule has 0 spiro atoms. The van der Waals surface area contributed by atoms with Crippen LogP contribution in [0.2, 0.25) is 0 Å². The van der Waals surface area contributed by atoms with Crippen LogP contribution < -0.4 is 11.2 Å². The summed E-state index contributed by atoms with van der Waals surface area (Å²) < 4.78 is 7.12. The van der Waals surface area contributed by atoms with Gasteiger partial charge in [-0.2, -0.15) is 0 Å². The topological polar surface area (TPSA) is 64.1 Å². The third kappa shape index (κ3) is 2.71. The second kappa shape index (κ2) is 5.68. The first-order chi connectivity index (χ1) is 9.74. The van der Waals surface area contributed by atoms with Crippen molar-refractivity contribution in [3.63, 3.8) is 0 Å². The highest BCUT2D eigenvalue weighted by Crippen LogP contribution is 2.36. The number of nitrogens with one attached hydrogen (secondary N) is 1. The van der Waals surface area contributed by atoms with Crippen LogP contribution in [0.25, 0.3) is 0 Å². The van der Waals surface area contributed by atoms with Crippen LogP contribution in [0.15, 0.2) is 57.1 Å². The van der Waals surface area contributed by atoms with E-state index in [2.05, 4.69) is 4.98 Å². The summed E-state index contributed by atoms with van der Waals surface area (Å²) in [6.07, 6.45) is 2.02. The first kappa shape index (κ1) is 13.2. The van der Waals surface area contributed by atoms with Gasteiger partial charge in [0.25, 0.3) is 5.56 Å². The summed E-state index contributed by atoms with van der Waals surface area (Å²) in [7, 11) is 0. The SMILES string of the molecule is O=c1ccn([C@H]2OCC[C@@H]2Sc2ccccc2)c(=O)[nH]1. The Balaban J connectivity index is 1.85. The molecular formula is C14H14N2O3S. The normalized spacial score (nSPS) is 22.0. The second-order valence-corrected chi connectivity index (χ2v) is 5.85. The van der Waals surface area contributed by atoms with E-state index in [1.54, 1.807) is 11.8 Å². The molecule has 0 saturated carbocycles. The molecule has 1 aliphatic rings. The van der Waals surface area contributed by atoms with Gasteiger partial charge in [-0.05, 0) is 18.6 Å². The lowest BCUT2D eigenvalue weighted by Crippen LogP contribution is -2.34. The number of aromatic amines is 1. The number of ether oxygens (including phenoxy) is 1. The van der Waals surface area contributed by atoms with Crippen LogP contribution in [0.5, 0.6) is 0 Å². The molecule has 1 aromatic heterocycles. The molecule has 3 rings (SSSR count). The van der Waals surface area contributed by atoms with Gasteiger partial charge >= 0.3 is 5.69 Å². The van der Waals surface area contributed by atoms with Gasteiger partial charge in [-0.1, -0.05) is 18.2 Å². The van der Waals surface area contributed by atoms with E-state index in [1.807, 2.05) is 30.3 Å². The molecule has 0 bridgehead atoms. The monoisotopic (exact) mass is 290 g/mol. The predicted molar refractivity (Wildman–Crippen MR) is 77.0 cm³/mol. The van der Waals surface area contributed by atoms with Crippen LogP contribution in [0.3, 0.4) is 0 Å². The number of hydrogen-bond acceptors (Lipinski definition) is 4. The van der Waals surface area contributed by atoms with Crippen molar-refractivity contribution >= 4 is 11.8 Å². The Morgan fingerprint density at radius 3 is 2.75 bits per heavy atom. The molecule has 2 aromatic rings. The number of H-pyrrole nitrogens is 1. The predicted octanol–water partition coefficient (Wildman–Crippen LogP) is 1.62. The standard InChI is InChI=1S/C14H14N2O3S/c17-12-6-8-16(14(18)15-12)13-11(7-9-19-13)20-10-4-2-1-3-5-10/h1-6,8,11,13H,7,9H2,(H,15,17,18)/t11-,13-/m0/s1. The lowest BCUT2D eigenvalue weighted by molar-refractivity contribution is 0.0551. The van der Waals surface area contributed by atoms with Crippen LogP contribution in [0.1, 0.15) is 12.6 Å². The number of thioether (sulfide) groups is 1. The van der Waals surface area contributed by atoms with E-state index in [-0.39, 0.29) is 11.5 Å². The van der Waals surface area contributed by atoms with Crippen LogP contribution in [-0.2, 0) is 4.74 Å². The van der Waals surface area contributed by atoms with Gasteiger partial charge in [-0.15, -0.1) is 11.8 Å². The maximum atomic E-state index is 11.8. The Kier molecular flexibility index (Phi) is 3.75. The van der Waals surface area contributed by atoms with Crippen LogP contribution in [0, 0.1) is 0 Å². The molecule has 5 nitrogen and oxygen atoms in total. The van der Waals surface area contributed by atoms with Crippen LogP contribution >= 0.6 is 11.8 Å². The van der Waals surface area contributed by atoms with E-state index in [0.29, 0.717) is 6.61 Å². The molecule has 1 fully saturated rings. The van der Waals surface area contributed by atoms with Gasteiger partial charge in [0.1, 0.15) is 6.23 Å². The van der Waals surface area contributed by atoms with Crippen LogP contribution in [-0.4, -0.2) is 21.4 Å². The lowest BCUT2D eigenvalue weighted by atomic mass is 10.3. The molecule has 0 aliphatic carbocycles. The fourth-order valence-corrected chi connectivity index (χ4v) is 3.44. The minimum absolute atomic E-state index is 0.154. The van der Waals surface area contributed by atoms with E-state index in [1.165, 1.54) is 16.8 Å². The second-order valence-electron chi connectivity index (χ2n) is 4.54. The minimum Gasteiger partial charge on any atom is -0.357 e. The number of aromatic nitrogens is 2. The molecule has 1 aliphatic heterocycles. The molecule has 0 unspecified atom stereocenters. The molecule has 6 heteroatoms. The number of hydrogen-bond donors (Lipinski definition) is 1. The highest BCUT2D eigenvalue weighted by molar-refractivity contribution is 8.00. The van der Waals surface area contributed by atoms with E-state index in [4.69, 9.17) is 4.74 Å². The highest BCUT2D eigenvalue weighted by Gasteiger charge is 2.31. The van der Waals surface area contributed by atoms with E-state index in [0.717, 1.165) is 11.3 Å². The van der Waals surface area contributed by atoms with Crippen molar-refractivity contribution in [2.45, 2.75) is 22.8 Å². The third-order valence-corrected chi connectivity index (χ3v) is 4.48. The number of rotatable bonds is 3. The third-order valence-electron chi connectivity index (χ3n) is 3.17. The van der Waals surface area contributed by atoms with Gasteiger partial charge in [-0.25, -0.2) is 4.79 Å². The summed E-state index contributed by atoms with van der Waals surface area (Å²) in [5, 5.41) is 0.154. The molecule has 2 atom stereocenters. The van der Waals surface area contributed by atoms with Gasteiger partial charge in [0.05, 0.1) is 11.9 Å². The molecule has 2 heterocycles. The van der Waals surface area contributed by atoms with Gasteiger partial charge < -0.3 is 4.74 Å². The van der Waals surface area contributed by atoms with Crippen molar-refractivity contribution in [1.82, 2.24) is 9.55 Å². The van der Waals surface area contributed by atoms with Crippen molar-refractivity contribution in [2.24, 2.45) is 0 Å². The van der Waals surface area contributed by atoms with E-state index >= 15 is 0 Å². The zero-order chi connectivity index (χ0) is 13.9.